The smallest absolute Gasteiger partial charge is 0.234 e. The number of nitrogens with two attached hydrogens (primary N) is 2. The molecule has 0 saturated heterocycles. The molecule has 0 aromatic rings. The minimum Gasteiger partial charge on any atom is -0.378 e. The van der Waals surface area contributed by atoms with E-state index in [-0.39, 0.29) is 30.4 Å². The number of rotatable bonds is 38. The Morgan fingerprint density at radius 1 is 0.469 bits per heavy atom. The van der Waals surface area contributed by atoms with Crippen molar-refractivity contribution in [1.29, 1.82) is 0 Å². The predicted molar refractivity (Wildman–Crippen MR) is 186 cm³/mol. The highest BCUT2D eigenvalue weighted by Crippen LogP contribution is 1.97. The summed E-state index contributed by atoms with van der Waals surface area (Å²) in [5.41, 5.74) is 10.8. The van der Waals surface area contributed by atoms with Gasteiger partial charge in [-0.05, 0) is 20.8 Å². The lowest BCUT2D eigenvalue weighted by molar-refractivity contribution is -0.125. The first-order valence-corrected chi connectivity index (χ1v) is 17.4. The molecule has 17 nitrogen and oxygen atoms in total. The molecule has 0 spiro atoms. The van der Waals surface area contributed by atoms with Gasteiger partial charge in [0.25, 0.3) is 0 Å². The van der Waals surface area contributed by atoms with Gasteiger partial charge in [-0.25, -0.2) is 0 Å². The Hall–Kier alpha value is -1.58. The number of hydrogen-bond acceptors (Lipinski definition) is 15. The molecule has 0 unspecified atom stereocenters. The molecule has 0 heterocycles. The Kier molecular flexibility index (Phi) is 35.1. The molecule has 2 amide bonds. The minimum absolute atomic E-state index is 0.0312. The third-order valence-corrected chi connectivity index (χ3v) is 6.08. The Balaban J connectivity index is 4.24. The van der Waals surface area contributed by atoms with Gasteiger partial charge in [0.1, 0.15) is 0 Å². The van der Waals surface area contributed by atoms with Gasteiger partial charge in [0, 0.05) is 44.8 Å². The van der Waals surface area contributed by atoms with Crippen LogP contribution in [0.4, 0.5) is 0 Å². The fraction of sp³-hybridized carbons (Fsp3) is 0.938. The standard InChI is InChI=1S/C32H68N6O11/c1-32(2,3)37-8-14-45-20-26-49-27-21-46-15-9-38(28-30(39)35-6-12-43-18-24-47-22-16-41-10-4-33)29-31(40)36-7-13-44-19-25-48-23-17-42-11-5-34/h37H,4-29,33-34H2,1-3H3,(H,35,39)(H,36,40). The molecule has 0 rings (SSSR count). The zero-order valence-electron chi connectivity index (χ0n) is 30.5. The van der Waals surface area contributed by atoms with E-state index in [9.17, 15) is 9.59 Å². The minimum atomic E-state index is -0.220. The second-order valence-electron chi connectivity index (χ2n) is 11.7. The van der Waals surface area contributed by atoms with Crippen molar-refractivity contribution in [3.8, 4) is 0 Å². The van der Waals surface area contributed by atoms with E-state index in [0.29, 0.717) is 152 Å². The molecule has 0 aliphatic rings. The second-order valence-corrected chi connectivity index (χ2v) is 11.7. The molecule has 0 fully saturated rings. The fourth-order valence-corrected chi connectivity index (χ4v) is 3.74. The molecule has 0 aromatic heterocycles. The van der Waals surface area contributed by atoms with Crippen molar-refractivity contribution in [1.82, 2.24) is 20.9 Å². The molecule has 0 bridgehead atoms. The summed E-state index contributed by atoms with van der Waals surface area (Å²) in [5.74, 6) is -0.440. The maximum absolute atomic E-state index is 12.6. The molecule has 0 radical (unpaired) electrons. The van der Waals surface area contributed by atoms with Crippen LogP contribution in [-0.2, 0) is 52.2 Å². The van der Waals surface area contributed by atoms with Gasteiger partial charge < -0.3 is 70.0 Å². The molecule has 0 atom stereocenters. The van der Waals surface area contributed by atoms with Crippen molar-refractivity contribution in [3.63, 3.8) is 0 Å². The van der Waals surface area contributed by atoms with Crippen LogP contribution in [0.1, 0.15) is 20.8 Å². The first-order valence-electron chi connectivity index (χ1n) is 17.4. The van der Waals surface area contributed by atoms with Crippen LogP contribution in [0.5, 0.6) is 0 Å². The topological polar surface area (TPSA) is 209 Å². The van der Waals surface area contributed by atoms with Crippen molar-refractivity contribution in [2.45, 2.75) is 26.3 Å². The average Bonchev–Trinajstić information content (AvgIpc) is 3.06. The zero-order valence-corrected chi connectivity index (χ0v) is 30.5. The van der Waals surface area contributed by atoms with Crippen LogP contribution in [0.15, 0.2) is 0 Å². The molecule has 49 heavy (non-hydrogen) atoms. The van der Waals surface area contributed by atoms with Gasteiger partial charge in [0.05, 0.1) is 132 Å². The van der Waals surface area contributed by atoms with Crippen LogP contribution in [0.2, 0.25) is 0 Å². The lowest BCUT2D eigenvalue weighted by atomic mass is 10.1. The molecule has 0 saturated carbocycles. The van der Waals surface area contributed by atoms with E-state index < -0.39 is 0 Å². The lowest BCUT2D eigenvalue weighted by Gasteiger charge is -2.21. The number of hydrogen-bond donors (Lipinski definition) is 5. The van der Waals surface area contributed by atoms with Gasteiger partial charge in [-0.3, -0.25) is 14.5 Å². The molecular formula is C32H68N6O11. The molecule has 17 heteroatoms. The van der Waals surface area contributed by atoms with Crippen molar-refractivity contribution < 1.29 is 52.2 Å². The van der Waals surface area contributed by atoms with E-state index in [4.69, 9.17) is 54.1 Å². The van der Waals surface area contributed by atoms with E-state index in [2.05, 4.69) is 36.7 Å². The van der Waals surface area contributed by atoms with Crippen LogP contribution >= 0.6 is 0 Å². The Morgan fingerprint density at radius 2 is 0.776 bits per heavy atom. The monoisotopic (exact) mass is 712 g/mol. The summed E-state index contributed by atoms with van der Waals surface area (Å²) in [6, 6.07) is 0. The summed E-state index contributed by atoms with van der Waals surface area (Å²) >= 11 is 0. The SMILES string of the molecule is CC(C)(C)NCCOCCOCCOCCN(CC(=O)NCCOCCOCCOCCN)CC(=O)NCCOCCOCCOCCN. The van der Waals surface area contributed by atoms with Crippen LogP contribution in [-0.4, -0.2) is 194 Å². The van der Waals surface area contributed by atoms with Crippen LogP contribution in [0, 0.1) is 0 Å². The number of carbonyl (C=O) groups is 2. The Bertz CT molecular complexity index is 698. The maximum atomic E-state index is 12.6. The fourth-order valence-electron chi connectivity index (χ4n) is 3.74. The first-order chi connectivity index (χ1) is 23.8. The number of amides is 2. The highest BCUT2D eigenvalue weighted by Gasteiger charge is 2.15. The van der Waals surface area contributed by atoms with Crippen LogP contribution in [0.3, 0.4) is 0 Å². The van der Waals surface area contributed by atoms with Crippen LogP contribution in [0.25, 0.3) is 0 Å². The number of nitrogens with zero attached hydrogens (tertiary/aromatic N) is 1. The highest BCUT2D eigenvalue weighted by molar-refractivity contribution is 5.81. The lowest BCUT2D eigenvalue weighted by Crippen LogP contribution is -2.45. The van der Waals surface area contributed by atoms with Crippen molar-refractivity contribution in [2.24, 2.45) is 11.5 Å². The summed E-state index contributed by atoms with van der Waals surface area (Å²) in [7, 11) is 0. The summed E-state index contributed by atoms with van der Waals surface area (Å²) < 4.78 is 49.0. The van der Waals surface area contributed by atoms with E-state index in [1.165, 1.54) is 0 Å². The summed E-state index contributed by atoms with van der Waals surface area (Å²) in [4.78, 5) is 26.9. The van der Waals surface area contributed by atoms with Crippen molar-refractivity contribution >= 4 is 11.8 Å². The summed E-state index contributed by atoms with van der Waals surface area (Å²) in [6.45, 7) is 17.3. The molecule has 292 valence electrons. The third-order valence-electron chi connectivity index (χ3n) is 6.08. The number of carbonyl (C=O) groups excluding carboxylic acids is 2. The van der Waals surface area contributed by atoms with Gasteiger partial charge in [-0.2, -0.15) is 0 Å². The summed E-state index contributed by atoms with van der Waals surface area (Å²) in [5, 5.41) is 9.00. The first kappa shape index (κ1) is 47.4. The van der Waals surface area contributed by atoms with Crippen molar-refractivity contribution in [2.75, 3.05) is 171 Å². The van der Waals surface area contributed by atoms with E-state index in [1.54, 1.807) is 4.90 Å². The second kappa shape index (κ2) is 36.2. The average molecular weight is 713 g/mol. The van der Waals surface area contributed by atoms with Gasteiger partial charge in [0.2, 0.25) is 11.8 Å². The predicted octanol–water partition coefficient (Wildman–Crippen LogP) is -2.02. The quantitative estimate of drug-likeness (QED) is 0.0438. The molecule has 0 aromatic carbocycles. The number of ether oxygens (including phenoxy) is 9. The van der Waals surface area contributed by atoms with Gasteiger partial charge in [-0.1, -0.05) is 0 Å². The van der Waals surface area contributed by atoms with E-state index in [0.717, 1.165) is 6.54 Å². The maximum Gasteiger partial charge on any atom is 0.234 e. The van der Waals surface area contributed by atoms with Gasteiger partial charge in [-0.15, -0.1) is 0 Å². The summed E-state index contributed by atoms with van der Waals surface area (Å²) in [6.07, 6.45) is 0. The zero-order chi connectivity index (χ0) is 36.1. The molecule has 7 N–H and O–H groups in total. The van der Waals surface area contributed by atoms with Gasteiger partial charge >= 0.3 is 0 Å². The van der Waals surface area contributed by atoms with Crippen molar-refractivity contribution in [3.05, 3.63) is 0 Å². The Morgan fingerprint density at radius 3 is 1.12 bits per heavy atom. The Labute approximate surface area is 293 Å². The third kappa shape index (κ3) is 39.1. The molecule has 0 aliphatic carbocycles. The van der Waals surface area contributed by atoms with E-state index >= 15 is 0 Å². The van der Waals surface area contributed by atoms with Crippen LogP contribution < -0.4 is 27.4 Å². The molecule has 0 aliphatic heterocycles. The highest BCUT2D eigenvalue weighted by atomic mass is 16.6. The van der Waals surface area contributed by atoms with E-state index in [1.807, 2.05) is 0 Å². The normalized spacial score (nSPS) is 11.8. The largest absolute Gasteiger partial charge is 0.378 e. The molecular weight excluding hydrogens is 644 g/mol. The number of nitrogens with one attached hydrogen (secondary N) is 3. The van der Waals surface area contributed by atoms with Gasteiger partial charge in [0.15, 0.2) is 0 Å².